The fraction of sp³-hybridized carbons (Fsp3) is 0.400. The van der Waals surface area contributed by atoms with Gasteiger partial charge in [-0.2, -0.15) is 0 Å². The fourth-order valence-electron chi connectivity index (χ4n) is 1.15. The summed E-state index contributed by atoms with van der Waals surface area (Å²) in [5.41, 5.74) is 1.29. The van der Waals surface area contributed by atoms with Crippen molar-refractivity contribution in [2.45, 2.75) is 24.5 Å². The van der Waals surface area contributed by atoms with E-state index in [4.69, 9.17) is 0 Å². The van der Waals surface area contributed by atoms with Crippen molar-refractivity contribution >= 4 is 25.7 Å². The van der Waals surface area contributed by atoms with E-state index in [1.54, 1.807) is 11.8 Å². The Morgan fingerprint density at radius 3 is 2.31 bits per heavy atom. The zero-order valence-corrected chi connectivity index (χ0v) is 10.5. The topological polar surface area (TPSA) is 12.0 Å². The lowest BCUT2D eigenvalue weighted by atomic mass is 10.3. The summed E-state index contributed by atoms with van der Waals surface area (Å²) in [4.78, 5) is 4.96. The zero-order chi connectivity index (χ0) is 9.90. The summed E-state index contributed by atoms with van der Waals surface area (Å²) < 4.78 is 0. The Morgan fingerprint density at radius 2 is 1.77 bits per heavy atom. The molecular formula is C10H17NSSi. The van der Waals surface area contributed by atoms with Gasteiger partial charge in [-0.25, -0.2) is 0 Å². The van der Waals surface area contributed by atoms with Crippen molar-refractivity contribution in [2.24, 2.45) is 0 Å². The van der Waals surface area contributed by atoms with E-state index in [0.717, 1.165) is 0 Å². The minimum absolute atomic E-state index is 1.21. The summed E-state index contributed by atoms with van der Waals surface area (Å²) in [5, 5.41) is 0. The van der Waals surface area contributed by atoms with Crippen LogP contribution in [0.2, 0.25) is 19.6 Å². The number of anilines is 1. The predicted octanol–water partition coefficient (Wildman–Crippen LogP) is 3.66. The van der Waals surface area contributed by atoms with Crippen LogP contribution in [0.5, 0.6) is 0 Å². The Morgan fingerprint density at radius 1 is 1.15 bits per heavy atom. The van der Waals surface area contributed by atoms with E-state index in [1.165, 1.54) is 10.6 Å². The van der Waals surface area contributed by atoms with Crippen molar-refractivity contribution in [3.63, 3.8) is 0 Å². The molecule has 0 aliphatic rings. The molecule has 0 spiro atoms. The molecule has 13 heavy (non-hydrogen) atoms. The molecule has 0 bridgehead atoms. The van der Waals surface area contributed by atoms with Crippen LogP contribution in [0.4, 0.5) is 5.69 Å². The van der Waals surface area contributed by atoms with Gasteiger partial charge in [0.05, 0.1) is 0 Å². The average Bonchev–Trinajstić information content (AvgIpc) is 2.02. The SMILES string of the molecule is CSc1ccccc1N[Si](C)(C)C. The highest BCUT2D eigenvalue weighted by Gasteiger charge is 2.14. The number of rotatable bonds is 3. The first kappa shape index (κ1) is 10.7. The van der Waals surface area contributed by atoms with Crippen LogP contribution in [0.15, 0.2) is 29.2 Å². The quantitative estimate of drug-likeness (QED) is 0.605. The maximum atomic E-state index is 3.62. The maximum Gasteiger partial charge on any atom is 0.144 e. The van der Waals surface area contributed by atoms with Crippen molar-refractivity contribution in [3.8, 4) is 0 Å². The van der Waals surface area contributed by atoms with Gasteiger partial charge < -0.3 is 4.98 Å². The molecule has 0 aliphatic carbocycles. The van der Waals surface area contributed by atoms with E-state index >= 15 is 0 Å². The minimum atomic E-state index is -1.21. The Bertz CT molecular complexity index is 280. The number of hydrogen-bond donors (Lipinski definition) is 1. The number of hydrogen-bond acceptors (Lipinski definition) is 2. The summed E-state index contributed by atoms with van der Waals surface area (Å²) in [7, 11) is -1.21. The third-order valence-electron chi connectivity index (χ3n) is 1.62. The summed E-state index contributed by atoms with van der Waals surface area (Å²) in [5.74, 6) is 0. The first-order chi connectivity index (χ1) is 6.03. The van der Waals surface area contributed by atoms with Gasteiger partial charge in [-0.1, -0.05) is 31.8 Å². The molecular weight excluding hydrogens is 194 g/mol. The molecule has 0 aliphatic heterocycles. The van der Waals surface area contributed by atoms with E-state index in [0.29, 0.717) is 0 Å². The molecule has 72 valence electrons. The van der Waals surface area contributed by atoms with Crippen molar-refractivity contribution in [3.05, 3.63) is 24.3 Å². The number of thioether (sulfide) groups is 1. The van der Waals surface area contributed by atoms with Gasteiger partial charge in [0.25, 0.3) is 0 Å². The van der Waals surface area contributed by atoms with Crippen LogP contribution in [-0.4, -0.2) is 14.5 Å². The molecule has 0 aromatic heterocycles. The third kappa shape index (κ3) is 3.44. The summed E-state index contributed by atoms with van der Waals surface area (Å²) in [6.07, 6.45) is 2.12. The second-order valence-corrected chi connectivity index (χ2v) is 9.67. The van der Waals surface area contributed by atoms with Gasteiger partial charge in [0.1, 0.15) is 8.24 Å². The molecule has 0 amide bonds. The van der Waals surface area contributed by atoms with Crippen molar-refractivity contribution in [1.29, 1.82) is 0 Å². The first-order valence-electron chi connectivity index (χ1n) is 4.44. The maximum absolute atomic E-state index is 3.62. The van der Waals surface area contributed by atoms with Crippen LogP contribution < -0.4 is 4.98 Å². The fourth-order valence-corrected chi connectivity index (χ4v) is 2.82. The first-order valence-corrected chi connectivity index (χ1v) is 9.16. The van der Waals surface area contributed by atoms with Crippen molar-refractivity contribution in [2.75, 3.05) is 11.2 Å². The third-order valence-corrected chi connectivity index (χ3v) is 3.43. The standard InChI is InChI=1S/C10H17NSSi/c1-12-10-8-6-5-7-9(10)11-13(2,3)4/h5-8,11H,1-4H3. The smallest absolute Gasteiger partial charge is 0.144 e. The Balaban J connectivity index is 2.87. The normalized spacial score (nSPS) is 11.4. The molecule has 1 aromatic rings. The molecule has 0 saturated heterocycles. The molecule has 0 saturated carbocycles. The van der Waals surface area contributed by atoms with Gasteiger partial charge in [-0.15, -0.1) is 11.8 Å². The molecule has 3 heteroatoms. The average molecular weight is 211 g/mol. The molecule has 1 rings (SSSR count). The van der Waals surface area contributed by atoms with Crippen molar-refractivity contribution in [1.82, 2.24) is 0 Å². The molecule has 0 radical (unpaired) electrons. The number of para-hydroxylation sites is 1. The lowest BCUT2D eigenvalue weighted by molar-refractivity contribution is 1.43. The van der Waals surface area contributed by atoms with Crippen LogP contribution in [0.25, 0.3) is 0 Å². The van der Waals surface area contributed by atoms with Crippen LogP contribution in [0, 0.1) is 0 Å². The van der Waals surface area contributed by atoms with E-state index in [-0.39, 0.29) is 0 Å². The zero-order valence-electron chi connectivity index (χ0n) is 8.72. The van der Waals surface area contributed by atoms with Gasteiger partial charge in [-0.05, 0) is 18.4 Å². The highest BCUT2D eigenvalue weighted by Crippen LogP contribution is 2.26. The lowest BCUT2D eigenvalue weighted by Gasteiger charge is -2.21. The Kier molecular flexibility index (Phi) is 3.45. The Hall–Kier alpha value is -0.413. The molecule has 0 fully saturated rings. The van der Waals surface area contributed by atoms with E-state index in [1.807, 2.05) is 0 Å². The van der Waals surface area contributed by atoms with E-state index in [9.17, 15) is 0 Å². The highest BCUT2D eigenvalue weighted by atomic mass is 32.2. The molecule has 1 aromatic carbocycles. The summed E-state index contributed by atoms with van der Waals surface area (Å²) in [6, 6.07) is 8.49. The minimum Gasteiger partial charge on any atom is -0.410 e. The van der Waals surface area contributed by atoms with Crippen LogP contribution in [0.3, 0.4) is 0 Å². The second kappa shape index (κ2) is 4.20. The molecule has 0 heterocycles. The van der Waals surface area contributed by atoms with Gasteiger partial charge >= 0.3 is 0 Å². The van der Waals surface area contributed by atoms with Crippen LogP contribution in [0.1, 0.15) is 0 Å². The monoisotopic (exact) mass is 211 g/mol. The van der Waals surface area contributed by atoms with Gasteiger partial charge in [0.15, 0.2) is 0 Å². The lowest BCUT2D eigenvalue weighted by Crippen LogP contribution is -2.32. The largest absolute Gasteiger partial charge is 0.410 e. The molecule has 1 N–H and O–H groups in total. The van der Waals surface area contributed by atoms with Crippen LogP contribution in [-0.2, 0) is 0 Å². The van der Waals surface area contributed by atoms with Crippen molar-refractivity contribution < 1.29 is 0 Å². The predicted molar refractivity (Wildman–Crippen MR) is 65.2 cm³/mol. The molecule has 1 nitrogen and oxygen atoms in total. The van der Waals surface area contributed by atoms with E-state index in [2.05, 4.69) is 55.1 Å². The number of nitrogens with one attached hydrogen (secondary N) is 1. The van der Waals surface area contributed by atoms with E-state index < -0.39 is 8.24 Å². The number of benzene rings is 1. The van der Waals surface area contributed by atoms with Gasteiger partial charge in [-0.3, -0.25) is 0 Å². The summed E-state index contributed by atoms with van der Waals surface area (Å²) in [6.45, 7) is 6.93. The van der Waals surface area contributed by atoms with Gasteiger partial charge in [0, 0.05) is 10.6 Å². The van der Waals surface area contributed by atoms with Gasteiger partial charge in [0.2, 0.25) is 0 Å². The highest BCUT2D eigenvalue weighted by molar-refractivity contribution is 7.98. The summed E-state index contributed by atoms with van der Waals surface area (Å²) >= 11 is 1.80. The van der Waals surface area contributed by atoms with Crippen LogP contribution >= 0.6 is 11.8 Å². The Labute approximate surface area is 86.0 Å². The second-order valence-electron chi connectivity index (χ2n) is 4.08. The molecule has 0 unspecified atom stereocenters. The molecule has 0 atom stereocenters.